The first kappa shape index (κ1) is 13.6. The standard InChI is InChI=1S/C10H10Cl2N2O3S/c1-6-2-7(3-9(11)13-6)14-5-8(4-10(14)15)18(12,16)17/h2-3,8H,4-5H2,1H3. The molecule has 0 N–H and O–H groups in total. The number of pyridine rings is 1. The first-order valence-electron chi connectivity index (χ1n) is 5.15. The Morgan fingerprint density at radius 1 is 1.44 bits per heavy atom. The van der Waals surface area contributed by atoms with Crippen molar-refractivity contribution in [2.75, 3.05) is 11.4 Å². The average molecular weight is 309 g/mol. The van der Waals surface area contributed by atoms with E-state index in [-0.39, 0.29) is 24.0 Å². The lowest BCUT2D eigenvalue weighted by atomic mass is 10.3. The third-order valence-corrected chi connectivity index (χ3v) is 4.77. The molecule has 0 radical (unpaired) electrons. The molecular weight excluding hydrogens is 299 g/mol. The highest BCUT2D eigenvalue weighted by Crippen LogP contribution is 2.28. The number of carbonyl (C=O) groups is 1. The van der Waals surface area contributed by atoms with Crippen molar-refractivity contribution in [1.29, 1.82) is 0 Å². The maximum absolute atomic E-state index is 11.8. The Morgan fingerprint density at radius 3 is 2.61 bits per heavy atom. The Labute approximate surface area is 114 Å². The number of hydrogen-bond acceptors (Lipinski definition) is 4. The van der Waals surface area contributed by atoms with Gasteiger partial charge in [-0.1, -0.05) is 11.6 Å². The summed E-state index contributed by atoms with van der Waals surface area (Å²) in [6.07, 6.45) is -0.106. The lowest BCUT2D eigenvalue weighted by Gasteiger charge is -2.16. The van der Waals surface area contributed by atoms with Gasteiger partial charge in [0.1, 0.15) is 10.4 Å². The van der Waals surface area contributed by atoms with Crippen LogP contribution in [0.1, 0.15) is 12.1 Å². The normalized spacial score (nSPS) is 20.5. The lowest BCUT2D eigenvalue weighted by molar-refractivity contribution is -0.117. The van der Waals surface area contributed by atoms with Gasteiger partial charge in [-0.15, -0.1) is 0 Å². The molecule has 1 aromatic heterocycles. The number of amides is 1. The Hall–Kier alpha value is -0.850. The summed E-state index contributed by atoms with van der Waals surface area (Å²) in [5, 5.41) is -0.617. The fraction of sp³-hybridized carbons (Fsp3) is 0.400. The fourth-order valence-corrected chi connectivity index (χ4v) is 3.15. The van der Waals surface area contributed by atoms with E-state index in [9.17, 15) is 13.2 Å². The van der Waals surface area contributed by atoms with Crippen LogP contribution in [0.15, 0.2) is 12.1 Å². The van der Waals surface area contributed by atoms with Crippen molar-refractivity contribution in [1.82, 2.24) is 4.98 Å². The van der Waals surface area contributed by atoms with Crippen LogP contribution in [0.5, 0.6) is 0 Å². The van der Waals surface area contributed by atoms with Gasteiger partial charge in [-0.3, -0.25) is 4.79 Å². The van der Waals surface area contributed by atoms with Crippen LogP contribution in [0.2, 0.25) is 5.15 Å². The SMILES string of the molecule is Cc1cc(N2CC(S(=O)(=O)Cl)CC2=O)cc(Cl)n1. The maximum Gasteiger partial charge on any atom is 0.237 e. The molecule has 98 valence electrons. The van der Waals surface area contributed by atoms with E-state index in [1.54, 1.807) is 13.0 Å². The van der Waals surface area contributed by atoms with Crippen molar-refractivity contribution in [2.45, 2.75) is 18.6 Å². The number of anilines is 1. The number of rotatable bonds is 2. The summed E-state index contributed by atoms with van der Waals surface area (Å²) < 4.78 is 22.5. The van der Waals surface area contributed by atoms with Gasteiger partial charge < -0.3 is 4.90 Å². The van der Waals surface area contributed by atoms with Gasteiger partial charge in [0.25, 0.3) is 0 Å². The predicted molar refractivity (Wildman–Crippen MR) is 69.5 cm³/mol. The minimum Gasteiger partial charge on any atom is -0.311 e. The quantitative estimate of drug-likeness (QED) is 0.616. The van der Waals surface area contributed by atoms with E-state index < -0.39 is 14.3 Å². The Balaban J connectivity index is 2.32. The maximum atomic E-state index is 11.8. The number of halogens is 2. The topological polar surface area (TPSA) is 67.3 Å². The van der Waals surface area contributed by atoms with Crippen LogP contribution in [0.25, 0.3) is 0 Å². The van der Waals surface area contributed by atoms with Crippen molar-refractivity contribution < 1.29 is 13.2 Å². The molecule has 1 saturated heterocycles. The highest BCUT2D eigenvalue weighted by Gasteiger charge is 2.38. The third kappa shape index (κ3) is 2.76. The number of carbonyl (C=O) groups excluding carboxylic acids is 1. The van der Waals surface area contributed by atoms with Gasteiger partial charge >= 0.3 is 0 Å². The van der Waals surface area contributed by atoms with Gasteiger partial charge in [-0.05, 0) is 19.1 Å². The zero-order valence-electron chi connectivity index (χ0n) is 9.43. The van der Waals surface area contributed by atoms with Crippen molar-refractivity contribution in [2.24, 2.45) is 0 Å². The predicted octanol–water partition coefficient (Wildman–Crippen LogP) is 1.72. The van der Waals surface area contributed by atoms with Crippen molar-refractivity contribution in [3.05, 3.63) is 23.0 Å². The molecule has 1 fully saturated rings. The van der Waals surface area contributed by atoms with Crippen LogP contribution in [-0.4, -0.2) is 31.1 Å². The molecular formula is C10H10Cl2N2O3S. The second kappa shape index (κ2) is 4.68. The highest BCUT2D eigenvalue weighted by atomic mass is 35.7. The summed E-state index contributed by atoms with van der Waals surface area (Å²) in [5.41, 5.74) is 1.20. The summed E-state index contributed by atoms with van der Waals surface area (Å²) in [6.45, 7) is 1.79. The first-order chi connectivity index (χ1) is 8.27. The molecule has 1 aliphatic rings. The van der Waals surface area contributed by atoms with Crippen LogP contribution in [0, 0.1) is 6.92 Å². The fourth-order valence-electron chi connectivity index (χ4n) is 1.88. The molecule has 5 nitrogen and oxygen atoms in total. The zero-order valence-corrected chi connectivity index (χ0v) is 11.8. The number of hydrogen-bond donors (Lipinski definition) is 0. The lowest BCUT2D eigenvalue weighted by Crippen LogP contribution is -2.26. The largest absolute Gasteiger partial charge is 0.311 e. The van der Waals surface area contributed by atoms with E-state index in [1.165, 1.54) is 11.0 Å². The number of aryl methyl sites for hydroxylation is 1. The van der Waals surface area contributed by atoms with E-state index in [2.05, 4.69) is 4.98 Å². The number of nitrogens with zero attached hydrogens (tertiary/aromatic N) is 2. The van der Waals surface area contributed by atoms with Gasteiger partial charge in [0.15, 0.2) is 0 Å². The van der Waals surface area contributed by atoms with Gasteiger partial charge in [-0.25, -0.2) is 13.4 Å². The molecule has 0 aromatic carbocycles. The molecule has 0 bridgehead atoms. The first-order valence-corrected chi connectivity index (χ1v) is 7.90. The summed E-state index contributed by atoms with van der Waals surface area (Å²) >= 11 is 5.81. The summed E-state index contributed by atoms with van der Waals surface area (Å²) in [6, 6.07) is 3.20. The Bertz CT molecular complexity index is 583. The molecule has 1 aliphatic heterocycles. The smallest absolute Gasteiger partial charge is 0.237 e. The minimum absolute atomic E-state index is 0.0461. The highest BCUT2D eigenvalue weighted by molar-refractivity contribution is 8.14. The second-order valence-electron chi connectivity index (χ2n) is 4.10. The van der Waals surface area contributed by atoms with Gasteiger partial charge in [0, 0.05) is 35.0 Å². The van der Waals surface area contributed by atoms with Crippen LogP contribution < -0.4 is 4.90 Å². The molecule has 1 aromatic rings. The molecule has 18 heavy (non-hydrogen) atoms. The molecule has 1 atom stereocenters. The van der Waals surface area contributed by atoms with E-state index in [1.807, 2.05) is 0 Å². The zero-order chi connectivity index (χ0) is 13.5. The minimum atomic E-state index is -3.74. The Kier molecular flexibility index (Phi) is 3.53. The van der Waals surface area contributed by atoms with E-state index in [0.717, 1.165) is 0 Å². The van der Waals surface area contributed by atoms with E-state index in [4.69, 9.17) is 22.3 Å². The summed E-state index contributed by atoms with van der Waals surface area (Å²) in [4.78, 5) is 17.1. The molecule has 1 amide bonds. The van der Waals surface area contributed by atoms with Crippen molar-refractivity contribution in [3.63, 3.8) is 0 Å². The second-order valence-corrected chi connectivity index (χ2v) is 7.39. The molecule has 2 rings (SSSR count). The van der Waals surface area contributed by atoms with Crippen LogP contribution in [0.3, 0.4) is 0 Å². The van der Waals surface area contributed by atoms with Crippen LogP contribution in [0.4, 0.5) is 5.69 Å². The molecule has 0 saturated carbocycles. The van der Waals surface area contributed by atoms with Gasteiger partial charge in [0.05, 0.1) is 0 Å². The van der Waals surface area contributed by atoms with Gasteiger partial charge in [-0.2, -0.15) is 0 Å². The molecule has 2 heterocycles. The molecule has 8 heteroatoms. The summed E-state index contributed by atoms with van der Waals surface area (Å²) in [7, 11) is 1.54. The number of aromatic nitrogens is 1. The monoisotopic (exact) mass is 308 g/mol. The van der Waals surface area contributed by atoms with Crippen LogP contribution in [-0.2, 0) is 13.8 Å². The molecule has 0 aliphatic carbocycles. The van der Waals surface area contributed by atoms with Crippen LogP contribution >= 0.6 is 22.3 Å². The average Bonchev–Trinajstić information content (AvgIpc) is 2.58. The molecule has 0 spiro atoms. The van der Waals surface area contributed by atoms with Crippen molar-refractivity contribution in [3.8, 4) is 0 Å². The third-order valence-electron chi connectivity index (χ3n) is 2.71. The van der Waals surface area contributed by atoms with E-state index >= 15 is 0 Å². The summed E-state index contributed by atoms with van der Waals surface area (Å²) in [5.74, 6) is -0.286. The van der Waals surface area contributed by atoms with Crippen molar-refractivity contribution >= 4 is 42.9 Å². The molecule has 1 unspecified atom stereocenters. The van der Waals surface area contributed by atoms with Gasteiger partial charge in [0.2, 0.25) is 15.0 Å². The van der Waals surface area contributed by atoms with E-state index in [0.29, 0.717) is 11.4 Å². The Morgan fingerprint density at radius 2 is 2.11 bits per heavy atom.